The maximum absolute atomic E-state index is 10.7. The first-order chi connectivity index (χ1) is 8.97. The van der Waals surface area contributed by atoms with Crippen LogP contribution >= 0.6 is 7.82 Å². The average molecular weight is 296 g/mol. The lowest BCUT2D eigenvalue weighted by atomic mass is 10.3. The Morgan fingerprint density at radius 3 is 2.47 bits per heavy atom. The molecule has 0 aliphatic carbocycles. The van der Waals surface area contributed by atoms with Gasteiger partial charge in [-0.3, -0.25) is 4.52 Å². The van der Waals surface area contributed by atoms with Gasteiger partial charge in [0.1, 0.15) is 32.8 Å². The molecular weight excluding hydrogens is 273 g/mol. The predicted octanol–water partition coefficient (Wildman–Crippen LogP) is 0.145. The molecule has 7 nitrogen and oxygen atoms in total. The number of rotatable bonds is 9. The molecule has 1 fully saturated rings. The van der Waals surface area contributed by atoms with Gasteiger partial charge in [0.25, 0.3) is 0 Å². The number of phosphoric ester groups is 1. The van der Waals surface area contributed by atoms with Crippen LogP contribution in [0.5, 0.6) is 0 Å². The van der Waals surface area contributed by atoms with Crippen molar-refractivity contribution in [3.63, 3.8) is 0 Å². The highest BCUT2D eigenvalue weighted by Gasteiger charge is 2.30. The summed E-state index contributed by atoms with van der Waals surface area (Å²) in [5.74, 6) is 0. The van der Waals surface area contributed by atoms with Gasteiger partial charge in [0.15, 0.2) is 0 Å². The fraction of sp³-hybridized carbons (Fsp3) is 0.818. The number of quaternary nitrogens is 1. The summed E-state index contributed by atoms with van der Waals surface area (Å²) in [5.41, 5.74) is 0. The van der Waals surface area contributed by atoms with Gasteiger partial charge in [0.2, 0.25) is 0 Å². The van der Waals surface area contributed by atoms with Crippen LogP contribution in [-0.4, -0.2) is 73.5 Å². The van der Waals surface area contributed by atoms with Crippen LogP contribution in [0.4, 0.5) is 0 Å². The molecule has 0 spiro atoms. The number of hydrogen-bond acceptors (Lipinski definition) is 4. The van der Waals surface area contributed by atoms with Gasteiger partial charge in [0, 0.05) is 0 Å². The van der Waals surface area contributed by atoms with Gasteiger partial charge in [-0.15, -0.1) is 6.58 Å². The molecule has 1 rings (SSSR count). The fourth-order valence-corrected chi connectivity index (χ4v) is 2.39. The second kappa shape index (κ2) is 8.11. The molecule has 1 aliphatic rings. The maximum atomic E-state index is 10.7. The van der Waals surface area contributed by atoms with Crippen LogP contribution in [-0.2, 0) is 18.6 Å². The zero-order chi connectivity index (χ0) is 14.2. The van der Waals surface area contributed by atoms with E-state index in [9.17, 15) is 4.57 Å². The SMILES string of the molecule is C=CCOCC[N+]1(CCOP(=O)(O)O)CCOCC1. The molecular formula is C11H23NO6P+. The molecule has 0 atom stereocenters. The summed E-state index contributed by atoms with van der Waals surface area (Å²) in [6.45, 7) is 8.95. The summed E-state index contributed by atoms with van der Waals surface area (Å²) in [4.78, 5) is 17.4. The Labute approximate surface area is 113 Å². The van der Waals surface area contributed by atoms with Crippen molar-refractivity contribution >= 4 is 7.82 Å². The summed E-state index contributed by atoms with van der Waals surface area (Å²) < 4.78 is 26.6. The van der Waals surface area contributed by atoms with Gasteiger partial charge < -0.3 is 23.7 Å². The lowest BCUT2D eigenvalue weighted by molar-refractivity contribution is -0.935. The molecule has 112 valence electrons. The van der Waals surface area contributed by atoms with Crippen LogP contribution < -0.4 is 0 Å². The lowest BCUT2D eigenvalue weighted by Crippen LogP contribution is -2.57. The van der Waals surface area contributed by atoms with Gasteiger partial charge in [-0.25, -0.2) is 4.57 Å². The molecule has 0 bridgehead atoms. The van der Waals surface area contributed by atoms with E-state index in [0.29, 0.717) is 37.5 Å². The molecule has 1 heterocycles. The van der Waals surface area contributed by atoms with E-state index in [4.69, 9.17) is 19.3 Å². The molecule has 0 saturated carbocycles. The summed E-state index contributed by atoms with van der Waals surface area (Å²) in [6, 6.07) is 0. The third kappa shape index (κ3) is 7.17. The average Bonchev–Trinajstić information content (AvgIpc) is 2.34. The second-order valence-corrected chi connectivity index (χ2v) is 5.78. The first-order valence-corrected chi connectivity index (χ1v) is 7.82. The maximum Gasteiger partial charge on any atom is 0.469 e. The van der Waals surface area contributed by atoms with Crippen molar-refractivity contribution in [3.05, 3.63) is 12.7 Å². The van der Waals surface area contributed by atoms with E-state index in [-0.39, 0.29) is 6.61 Å². The minimum Gasteiger partial charge on any atom is -0.372 e. The highest BCUT2D eigenvalue weighted by molar-refractivity contribution is 7.46. The first kappa shape index (κ1) is 16.8. The Kier molecular flexibility index (Phi) is 7.17. The van der Waals surface area contributed by atoms with E-state index >= 15 is 0 Å². The summed E-state index contributed by atoms with van der Waals surface area (Å²) >= 11 is 0. The first-order valence-electron chi connectivity index (χ1n) is 6.29. The third-order valence-electron chi connectivity index (χ3n) is 3.19. The zero-order valence-electron chi connectivity index (χ0n) is 11.1. The van der Waals surface area contributed by atoms with Crippen molar-refractivity contribution in [3.8, 4) is 0 Å². The van der Waals surface area contributed by atoms with E-state index in [1.165, 1.54) is 0 Å². The number of ether oxygens (including phenoxy) is 2. The molecule has 0 amide bonds. The van der Waals surface area contributed by atoms with E-state index in [1.54, 1.807) is 6.08 Å². The molecule has 0 aromatic heterocycles. The summed E-state index contributed by atoms with van der Waals surface area (Å²) in [6.07, 6.45) is 1.69. The van der Waals surface area contributed by atoms with Crippen LogP contribution in [0.25, 0.3) is 0 Å². The normalized spacial score (nSPS) is 19.3. The van der Waals surface area contributed by atoms with E-state index in [1.807, 2.05) is 0 Å². The number of phosphoric acid groups is 1. The van der Waals surface area contributed by atoms with Crippen LogP contribution in [0.1, 0.15) is 0 Å². The van der Waals surface area contributed by atoms with Crippen molar-refractivity contribution in [1.82, 2.24) is 0 Å². The number of morpholine rings is 1. The van der Waals surface area contributed by atoms with Gasteiger partial charge >= 0.3 is 7.82 Å². The zero-order valence-corrected chi connectivity index (χ0v) is 12.0. The number of hydrogen-bond donors (Lipinski definition) is 2. The van der Waals surface area contributed by atoms with Crippen molar-refractivity contribution in [2.45, 2.75) is 0 Å². The standard InChI is InChI=1S/C11H22NO6P/c1-2-7-16-8-3-12(4-9-17-10-5-12)6-11-18-19(13,14)15/h2H,1,3-11H2,(H-,13,14,15)/p+1. The molecule has 19 heavy (non-hydrogen) atoms. The molecule has 2 N–H and O–H groups in total. The minimum atomic E-state index is -4.39. The Morgan fingerprint density at radius 2 is 1.89 bits per heavy atom. The van der Waals surface area contributed by atoms with Gasteiger partial charge in [-0.05, 0) is 0 Å². The lowest BCUT2D eigenvalue weighted by Gasteiger charge is -2.41. The smallest absolute Gasteiger partial charge is 0.372 e. The van der Waals surface area contributed by atoms with Crippen molar-refractivity contribution in [2.75, 3.05) is 59.2 Å². The van der Waals surface area contributed by atoms with E-state index in [0.717, 1.165) is 19.6 Å². The van der Waals surface area contributed by atoms with Gasteiger partial charge in [0.05, 0.1) is 26.4 Å². The topological polar surface area (TPSA) is 85.2 Å². The highest BCUT2D eigenvalue weighted by atomic mass is 31.2. The molecule has 0 radical (unpaired) electrons. The van der Waals surface area contributed by atoms with Gasteiger partial charge in [-0.2, -0.15) is 0 Å². The van der Waals surface area contributed by atoms with Crippen LogP contribution in [0, 0.1) is 0 Å². The van der Waals surface area contributed by atoms with Gasteiger partial charge in [-0.1, -0.05) is 6.08 Å². The Bertz CT molecular complexity index is 312. The Balaban J connectivity index is 2.40. The number of nitrogens with zero attached hydrogens (tertiary/aromatic N) is 1. The summed E-state index contributed by atoms with van der Waals surface area (Å²) in [5, 5.41) is 0. The third-order valence-corrected chi connectivity index (χ3v) is 3.71. The monoisotopic (exact) mass is 296 g/mol. The Hall–Kier alpha value is -0.270. The van der Waals surface area contributed by atoms with E-state index < -0.39 is 7.82 Å². The van der Waals surface area contributed by atoms with Crippen molar-refractivity contribution in [1.29, 1.82) is 0 Å². The largest absolute Gasteiger partial charge is 0.469 e. The highest BCUT2D eigenvalue weighted by Crippen LogP contribution is 2.35. The van der Waals surface area contributed by atoms with Crippen LogP contribution in [0.15, 0.2) is 12.7 Å². The summed E-state index contributed by atoms with van der Waals surface area (Å²) in [7, 11) is -4.39. The van der Waals surface area contributed by atoms with Crippen LogP contribution in [0.2, 0.25) is 0 Å². The van der Waals surface area contributed by atoms with E-state index in [2.05, 4.69) is 11.1 Å². The quantitative estimate of drug-likeness (QED) is 0.272. The van der Waals surface area contributed by atoms with Crippen LogP contribution in [0.3, 0.4) is 0 Å². The molecule has 0 aromatic carbocycles. The second-order valence-electron chi connectivity index (χ2n) is 4.54. The molecule has 0 aromatic rings. The van der Waals surface area contributed by atoms with Crippen molar-refractivity contribution < 1.29 is 32.8 Å². The Morgan fingerprint density at radius 1 is 1.26 bits per heavy atom. The fourth-order valence-electron chi connectivity index (χ4n) is 2.07. The predicted molar refractivity (Wildman–Crippen MR) is 69.6 cm³/mol. The molecule has 1 aliphatic heterocycles. The molecule has 0 unspecified atom stereocenters. The van der Waals surface area contributed by atoms with Crippen molar-refractivity contribution in [2.24, 2.45) is 0 Å². The molecule has 8 heteroatoms. The molecule has 1 saturated heterocycles. The minimum absolute atomic E-state index is 0.0335.